The van der Waals surface area contributed by atoms with Crippen LogP contribution in [0.25, 0.3) is 0 Å². The fourth-order valence-corrected chi connectivity index (χ4v) is 2.77. The number of nitrogens with zero attached hydrogens (tertiary/aromatic N) is 1. The summed E-state index contributed by atoms with van der Waals surface area (Å²) < 4.78 is 10.8. The number of methoxy groups -OCH3 is 1. The van der Waals surface area contributed by atoms with Crippen molar-refractivity contribution in [1.29, 1.82) is 0 Å². The van der Waals surface area contributed by atoms with E-state index in [1.807, 2.05) is 13.0 Å². The number of rotatable bonds is 5. The Labute approximate surface area is 136 Å². The highest BCUT2D eigenvalue weighted by Gasteiger charge is 2.28. The maximum atomic E-state index is 6.08. The second-order valence-corrected chi connectivity index (χ2v) is 5.79. The van der Waals surface area contributed by atoms with Gasteiger partial charge in [0.05, 0.1) is 18.2 Å². The fourth-order valence-electron chi connectivity index (χ4n) is 2.51. The molecule has 0 bridgehead atoms. The number of aliphatic imine (C=N–C) groups is 1. The number of hydrogen-bond donors (Lipinski definition) is 2. The number of ether oxygens (including phenoxy) is 2. The van der Waals surface area contributed by atoms with Crippen LogP contribution in [-0.4, -0.2) is 32.3 Å². The molecule has 2 atom stereocenters. The Hall–Kier alpha value is -1.72. The van der Waals surface area contributed by atoms with Crippen molar-refractivity contribution >= 4 is 23.2 Å². The molecule has 0 spiro atoms. The van der Waals surface area contributed by atoms with Gasteiger partial charge < -0.3 is 20.5 Å². The molecule has 5 nitrogen and oxygen atoms in total. The number of nitrogens with one attached hydrogen (secondary N) is 1. The van der Waals surface area contributed by atoms with Crippen LogP contribution in [0.2, 0.25) is 5.02 Å². The van der Waals surface area contributed by atoms with Gasteiger partial charge in [0.15, 0.2) is 5.96 Å². The van der Waals surface area contributed by atoms with Crippen LogP contribution in [0.1, 0.15) is 13.3 Å². The van der Waals surface area contributed by atoms with E-state index in [1.165, 1.54) is 0 Å². The minimum absolute atomic E-state index is 0.0759. The smallest absolute Gasteiger partial charge is 0.193 e. The van der Waals surface area contributed by atoms with Gasteiger partial charge in [-0.25, -0.2) is 0 Å². The molecule has 6 heteroatoms. The molecule has 1 aromatic rings. The number of guanidine groups is 1. The average molecular weight is 324 g/mol. The van der Waals surface area contributed by atoms with Gasteiger partial charge in [0, 0.05) is 24.8 Å². The van der Waals surface area contributed by atoms with Crippen molar-refractivity contribution < 1.29 is 9.47 Å². The first kappa shape index (κ1) is 16.6. The van der Waals surface area contributed by atoms with Crippen LogP contribution in [0.4, 0.5) is 5.69 Å². The van der Waals surface area contributed by atoms with Crippen LogP contribution in [0.5, 0.6) is 5.75 Å². The molecule has 0 aromatic heterocycles. The predicted molar refractivity (Wildman–Crippen MR) is 90.8 cm³/mol. The van der Waals surface area contributed by atoms with Gasteiger partial charge in [0.25, 0.3) is 0 Å². The number of hydrogen-bond acceptors (Lipinski definition) is 3. The molecule has 3 N–H and O–H groups in total. The first-order chi connectivity index (χ1) is 10.5. The zero-order valence-electron chi connectivity index (χ0n) is 12.9. The number of halogens is 1. The second kappa shape index (κ2) is 7.51. The summed E-state index contributed by atoms with van der Waals surface area (Å²) in [6.07, 6.45) is 1.05. The Bertz CT molecular complexity index is 575. The minimum atomic E-state index is 0.0759. The Balaban J connectivity index is 1.95. The fraction of sp³-hybridized carbons (Fsp3) is 0.438. The molecule has 1 aromatic carbocycles. The third-order valence-electron chi connectivity index (χ3n) is 3.62. The second-order valence-electron chi connectivity index (χ2n) is 5.39. The van der Waals surface area contributed by atoms with Gasteiger partial charge in [-0.15, -0.1) is 0 Å². The zero-order valence-corrected chi connectivity index (χ0v) is 13.7. The molecule has 1 aliphatic heterocycles. The summed E-state index contributed by atoms with van der Waals surface area (Å²) in [6, 6.07) is 5.36. The van der Waals surface area contributed by atoms with E-state index in [2.05, 4.69) is 16.9 Å². The molecule has 2 unspecified atom stereocenters. The minimum Gasteiger partial charge on any atom is -0.495 e. The highest BCUT2D eigenvalue weighted by Crippen LogP contribution is 2.27. The molecule has 2 rings (SSSR count). The molecule has 0 saturated carbocycles. The van der Waals surface area contributed by atoms with Crippen LogP contribution in [-0.2, 0) is 4.74 Å². The Kier molecular flexibility index (Phi) is 5.69. The molecule has 0 aliphatic carbocycles. The average Bonchev–Trinajstić information content (AvgIpc) is 2.94. The van der Waals surface area contributed by atoms with Gasteiger partial charge in [0.1, 0.15) is 5.75 Å². The van der Waals surface area contributed by atoms with E-state index in [0.717, 1.165) is 24.3 Å². The monoisotopic (exact) mass is 323 g/mol. The van der Waals surface area contributed by atoms with Crippen molar-refractivity contribution in [3.05, 3.63) is 35.4 Å². The lowest BCUT2D eigenvalue weighted by atomic mass is 9.97. The van der Waals surface area contributed by atoms with Crippen LogP contribution in [0, 0.1) is 5.92 Å². The lowest BCUT2D eigenvalue weighted by molar-refractivity contribution is 0.120. The highest BCUT2D eigenvalue weighted by atomic mass is 35.5. The maximum Gasteiger partial charge on any atom is 0.193 e. The summed E-state index contributed by atoms with van der Waals surface area (Å²) in [4.78, 5) is 4.39. The Morgan fingerprint density at radius 2 is 2.36 bits per heavy atom. The van der Waals surface area contributed by atoms with Gasteiger partial charge >= 0.3 is 0 Å². The molecular weight excluding hydrogens is 302 g/mol. The lowest BCUT2D eigenvalue weighted by Gasteiger charge is -2.17. The van der Waals surface area contributed by atoms with Crippen molar-refractivity contribution in [2.75, 3.05) is 25.6 Å². The van der Waals surface area contributed by atoms with Gasteiger partial charge in [-0.2, -0.15) is 0 Å². The van der Waals surface area contributed by atoms with E-state index < -0.39 is 0 Å². The van der Waals surface area contributed by atoms with E-state index in [0.29, 0.717) is 29.2 Å². The summed E-state index contributed by atoms with van der Waals surface area (Å²) in [5.74, 6) is 1.31. The van der Waals surface area contributed by atoms with E-state index in [9.17, 15) is 0 Å². The summed E-state index contributed by atoms with van der Waals surface area (Å²) >= 11 is 6.08. The van der Waals surface area contributed by atoms with E-state index in [-0.39, 0.29) is 6.10 Å². The van der Waals surface area contributed by atoms with Crippen LogP contribution in [0.15, 0.2) is 35.3 Å². The lowest BCUT2D eigenvalue weighted by Crippen LogP contribution is -2.26. The molecule has 1 heterocycles. The third-order valence-corrected chi connectivity index (χ3v) is 3.92. The Morgan fingerprint density at radius 3 is 3.00 bits per heavy atom. The summed E-state index contributed by atoms with van der Waals surface area (Å²) in [5.41, 5.74) is 7.73. The van der Waals surface area contributed by atoms with E-state index in [1.54, 1.807) is 19.2 Å². The van der Waals surface area contributed by atoms with Gasteiger partial charge in [-0.1, -0.05) is 23.8 Å². The quantitative estimate of drug-likeness (QED) is 0.496. The largest absolute Gasteiger partial charge is 0.495 e. The molecule has 1 fully saturated rings. The van der Waals surface area contributed by atoms with Crippen molar-refractivity contribution in [1.82, 2.24) is 0 Å². The Morgan fingerprint density at radius 1 is 1.59 bits per heavy atom. The summed E-state index contributed by atoms with van der Waals surface area (Å²) in [7, 11) is 1.58. The number of benzene rings is 1. The maximum absolute atomic E-state index is 6.08. The van der Waals surface area contributed by atoms with E-state index in [4.69, 9.17) is 26.8 Å². The van der Waals surface area contributed by atoms with Crippen molar-refractivity contribution in [3.8, 4) is 5.75 Å². The van der Waals surface area contributed by atoms with Gasteiger partial charge in [-0.3, -0.25) is 4.99 Å². The normalized spacial score (nSPS) is 21.7. The molecule has 22 heavy (non-hydrogen) atoms. The topological polar surface area (TPSA) is 68.9 Å². The van der Waals surface area contributed by atoms with Crippen molar-refractivity contribution in [2.45, 2.75) is 19.4 Å². The molecule has 1 saturated heterocycles. The SMILES string of the molecule is C=C(C)C1OCCC1CN=C(N)Nc1ccc(OC)c(Cl)c1. The standard InChI is InChI=1S/C16H22ClN3O2/c1-10(2)15-11(6-7-22-15)9-19-16(18)20-12-4-5-14(21-3)13(17)8-12/h4-5,8,11,15H,1,6-7,9H2,2-3H3,(H3,18,19,20). The molecule has 0 radical (unpaired) electrons. The van der Waals surface area contributed by atoms with Crippen molar-refractivity contribution in [2.24, 2.45) is 16.6 Å². The molecular formula is C16H22ClN3O2. The number of anilines is 1. The molecule has 120 valence electrons. The zero-order chi connectivity index (χ0) is 16.1. The van der Waals surface area contributed by atoms with Crippen LogP contribution < -0.4 is 15.8 Å². The number of nitrogens with two attached hydrogens (primary N) is 1. The summed E-state index contributed by atoms with van der Waals surface area (Å²) in [6.45, 7) is 7.30. The van der Waals surface area contributed by atoms with Crippen LogP contribution >= 0.6 is 11.6 Å². The highest BCUT2D eigenvalue weighted by molar-refractivity contribution is 6.32. The van der Waals surface area contributed by atoms with Crippen molar-refractivity contribution in [3.63, 3.8) is 0 Å². The van der Waals surface area contributed by atoms with Gasteiger partial charge in [-0.05, 0) is 31.5 Å². The molecule has 1 aliphatic rings. The first-order valence-electron chi connectivity index (χ1n) is 7.18. The third kappa shape index (κ3) is 4.15. The van der Waals surface area contributed by atoms with Crippen LogP contribution in [0.3, 0.4) is 0 Å². The summed E-state index contributed by atoms with van der Waals surface area (Å²) in [5, 5.41) is 3.55. The van der Waals surface area contributed by atoms with E-state index >= 15 is 0 Å². The predicted octanol–water partition coefficient (Wildman–Crippen LogP) is 3.06. The first-order valence-corrected chi connectivity index (χ1v) is 7.56. The molecule has 0 amide bonds. The van der Waals surface area contributed by atoms with Gasteiger partial charge in [0.2, 0.25) is 0 Å².